The lowest BCUT2D eigenvalue weighted by Crippen LogP contribution is -2.68. The molecule has 2 atom stereocenters. The monoisotopic (exact) mass is 591 g/mol. The van der Waals surface area contributed by atoms with Gasteiger partial charge in [0.15, 0.2) is 17.1 Å². The Morgan fingerprint density at radius 1 is 1.19 bits per heavy atom. The van der Waals surface area contributed by atoms with Crippen LogP contribution in [0.15, 0.2) is 43.7 Å². The number of ether oxygens (including phenoxy) is 1. The van der Waals surface area contributed by atoms with Crippen LogP contribution in [-0.2, 0) is 11.2 Å². The largest absolute Gasteiger partial charge is 0.456 e. The molecule has 2 fully saturated rings. The highest BCUT2D eigenvalue weighted by molar-refractivity contribution is 7.10. The Hall–Kier alpha value is -4.27. The lowest BCUT2D eigenvalue weighted by atomic mass is 9.91. The van der Waals surface area contributed by atoms with Crippen LogP contribution in [-0.4, -0.2) is 63.9 Å². The number of hydrogen-bond donors (Lipinski definition) is 3. The predicted molar refractivity (Wildman–Crippen MR) is 156 cm³/mol. The van der Waals surface area contributed by atoms with E-state index in [4.69, 9.17) is 24.3 Å². The molecule has 1 aliphatic carbocycles. The number of primary amides is 1. The van der Waals surface area contributed by atoms with Crippen molar-refractivity contribution in [3.8, 4) is 11.1 Å². The molecule has 6 heterocycles. The van der Waals surface area contributed by atoms with Crippen molar-refractivity contribution in [2.45, 2.75) is 44.2 Å². The topological polar surface area (TPSA) is 182 Å². The van der Waals surface area contributed by atoms with Gasteiger partial charge in [0, 0.05) is 30.8 Å². The van der Waals surface area contributed by atoms with Crippen LogP contribution in [0.25, 0.3) is 27.9 Å². The Kier molecular flexibility index (Phi) is 6.88. The van der Waals surface area contributed by atoms with Crippen LogP contribution >= 0.6 is 11.3 Å². The zero-order valence-corrected chi connectivity index (χ0v) is 23.7. The van der Waals surface area contributed by atoms with Gasteiger partial charge in [-0.2, -0.15) is 0 Å². The number of furan rings is 1. The molecule has 218 valence electrons. The first kappa shape index (κ1) is 26.6. The summed E-state index contributed by atoms with van der Waals surface area (Å²) in [6.45, 7) is 2.43. The summed E-state index contributed by atoms with van der Waals surface area (Å²) in [7, 11) is 0. The van der Waals surface area contributed by atoms with Crippen molar-refractivity contribution in [2.24, 2.45) is 5.73 Å². The van der Waals surface area contributed by atoms with E-state index < -0.39 is 5.91 Å². The lowest BCUT2D eigenvalue weighted by molar-refractivity contribution is -0.427. The van der Waals surface area contributed by atoms with Crippen molar-refractivity contribution < 1.29 is 24.1 Å². The molecule has 5 aromatic rings. The number of morpholine rings is 1. The van der Waals surface area contributed by atoms with E-state index in [0.717, 1.165) is 36.1 Å². The summed E-state index contributed by atoms with van der Waals surface area (Å²) < 4.78 is 18.9. The number of nitrogens with one attached hydrogen (secondary N) is 1. The average Bonchev–Trinajstić information content (AvgIpc) is 3.75. The molecule has 7 rings (SSSR count). The summed E-state index contributed by atoms with van der Waals surface area (Å²) >= 11 is 1.50. The van der Waals surface area contributed by atoms with Crippen LogP contribution in [0, 0.1) is 0 Å². The van der Waals surface area contributed by atoms with Gasteiger partial charge in [0.25, 0.3) is 5.91 Å². The van der Waals surface area contributed by atoms with Crippen LogP contribution in [0.1, 0.15) is 46.6 Å². The van der Waals surface area contributed by atoms with Crippen LogP contribution < -0.4 is 27.1 Å². The SMILES string of the molecule is NC(=O)c1c(Cc2cc(-c3coc4c(=O)cc(N5CCOCC5)oc34)cs2)nc(N[C@H]2CCCC[C@H]2[NH3+])n2cnnc12. The number of aromatic nitrogens is 4. The smallest absolute Gasteiger partial charge is 0.254 e. The van der Waals surface area contributed by atoms with Crippen molar-refractivity contribution in [1.29, 1.82) is 0 Å². The maximum Gasteiger partial charge on any atom is 0.254 e. The van der Waals surface area contributed by atoms with Crippen LogP contribution in [0.5, 0.6) is 0 Å². The number of nitrogens with zero attached hydrogens (tertiary/aromatic N) is 5. The quantitative estimate of drug-likeness (QED) is 0.253. The Balaban J connectivity index is 1.23. The molecule has 42 heavy (non-hydrogen) atoms. The fourth-order valence-corrected chi connectivity index (χ4v) is 6.71. The first-order valence-corrected chi connectivity index (χ1v) is 14.9. The zero-order valence-electron chi connectivity index (χ0n) is 22.9. The number of rotatable bonds is 7. The van der Waals surface area contributed by atoms with Crippen molar-refractivity contribution in [1.82, 2.24) is 19.6 Å². The fraction of sp³-hybridized carbons (Fsp3) is 0.393. The van der Waals surface area contributed by atoms with Crippen LogP contribution in [0.4, 0.5) is 11.8 Å². The van der Waals surface area contributed by atoms with Gasteiger partial charge in [-0.3, -0.25) is 14.0 Å². The third-order valence-corrected chi connectivity index (χ3v) is 9.00. The summed E-state index contributed by atoms with van der Waals surface area (Å²) in [6, 6.07) is 3.86. The number of carbonyl (C=O) groups is 1. The van der Waals surface area contributed by atoms with Gasteiger partial charge in [-0.05, 0) is 29.9 Å². The minimum Gasteiger partial charge on any atom is -0.456 e. The number of nitrogens with two attached hydrogens (primary N) is 1. The molecule has 0 aromatic carbocycles. The third kappa shape index (κ3) is 4.80. The number of amides is 1. The normalized spacial score (nSPS) is 19.5. The summed E-state index contributed by atoms with van der Waals surface area (Å²) in [6.07, 6.45) is 7.74. The standard InChI is InChI=1S/C28H30N8O5S/c29-18-3-1-2-4-19(18)32-28-33-20(23(26(30)38)27-34-31-14-36(27)28)10-16-9-15(13-42-16)17-12-40-25-21(37)11-22(41-24(17)25)35-5-7-39-8-6-35/h9,11-14,18-19H,1-8,10,29H2,(H2,30,38)(H,32,33)/p+1/t18-,19+/m1/s1. The van der Waals surface area contributed by atoms with E-state index >= 15 is 0 Å². The molecule has 1 saturated heterocycles. The van der Waals surface area contributed by atoms with Gasteiger partial charge in [0.2, 0.25) is 17.0 Å². The summed E-state index contributed by atoms with van der Waals surface area (Å²) in [4.78, 5) is 33.2. The van der Waals surface area contributed by atoms with Crippen molar-refractivity contribution in [2.75, 3.05) is 36.5 Å². The number of carbonyl (C=O) groups excluding carboxylic acids is 1. The van der Waals surface area contributed by atoms with Gasteiger partial charge < -0.3 is 35.3 Å². The first-order valence-electron chi connectivity index (χ1n) is 14.0. The van der Waals surface area contributed by atoms with E-state index in [1.54, 1.807) is 10.7 Å². The second kappa shape index (κ2) is 10.9. The molecule has 0 spiro atoms. The summed E-state index contributed by atoms with van der Waals surface area (Å²) in [5.74, 6) is 0.434. The highest BCUT2D eigenvalue weighted by Gasteiger charge is 2.28. The predicted octanol–water partition coefficient (Wildman–Crippen LogP) is 2.04. The van der Waals surface area contributed by atoms with Gasteiger partial charge in [0.05, 0.1) is 36.6 Å². The van der Waals surface area contributed by atoms with E-state index in [2.05, 4.69) is 21.2 Å². The number of hydrogen-bond acceptors (Lipinski definition) is 11. The van der Waals surface area contributed by atoms with E-state index in [-0.39, 0.29) is 28.7 Å². The van der Waals surface area contributed by atoms with Gasteiger partial charge in [-0.25, -0.2) is 4.98 Å². The lowest BCUT2D eigenvalue weighted by Gasteiger charge is -2.27. The minimum absolute atomic E-state index is 0.156. The Morgan fingerprint density at radius 2 is 2.02 bits per heavy atom. The zero-order chi connectivity index (χ0) is 28.8. The molecule has 14 heteroatoms. The second-order valence-corrected chi connectivity index (χ2v) is 11.8. The number of quaternary nitrogens is 1. The van der Waals surface area contributed by atoms with E-state index in [1.807, 2.05) is 16.3 Å². The molecule has 1 aliphatic heterocycles. The maximum absolute atomic E-state index is 12.8. The molecule has 1 amide bonds. The number of anilines is 2. The fourth-order valence-electron chi connectivity index (χ4n) is 5.82. The minimum atomic E-state index is -0.621. The van der Waals surface area contributed by atoms with Gasteiger partial charge in [0.1, 0.15) is 24.2 Å². The molecule has 13 nitrogen and oxygen atoms in total. The Morgan fingerprint density at radius 3 is 2.83 bits per heavy atom. The average molecular weight is 592 g/mol. The molecule has 0 unspecified atom stereocenters. The second-order valence-electron chi connectivity index (χ2n) is 10.8. The van der Waals surface area contributed by atoms with Crippen molar-refractivity contribution in [3.05, 3.63) is 56.5 Å². The van der Waals surface area contributed by atoms with Crippen LogP contribution in [0.3, 0.4) is 0 Å². The van der Waals surface area contributed by atoms with Gasteiger partial charge >= 0.3 is 0 Å². The third-order valence-electron chi connectivity index (χ3n) is 8.06. The molecule has 0 radical (unpaired) electrons. The molecule has 0 bridgehead atoms. The number of thiophene rings is 1. The molecule has 6 N–H and O–H groups in total. The van der Waals surface area contributed by atoms with E-state index in [9.17, 15) is 9.59 Å². The van der Waals surface area contributed by atoms with Gasteiger partial charge in [-0.15, -0.1) is 21.5 Å². The highest BCUT2D eigenvalue weighted by Crippen LogP contribution is 2.35. The van der Waals surface area contributed by atoms with E-state index in [1.165, 1.54) is 23.7 Å². The Labute approximate surface area is 243 Å². The number of fused-ring (bicyclic) bond motifs is 2. The van der Waals surface area contributed by atoms with Crippen LogP contribution in [0.2, 0.25) is 0 Å². The summed E-state index contributed by atoms with van der Waals surface area (Å²) in [5, 5.41) is 13.7. The van der Waals surface area contributed by atoms with Gasteiger partial charge in [-0.1, -0.05) is 6.42 Å². The molecule has 2 aliphatic rings. The molecule has 5 aromatic heterocycles. The maximum atomic E-state index is 12.8. The molecular formula is C28H31N8O5S+. The van der Waals surface area contributed by atoms with Crippen molar-refractivity contribution in [3.63, 3.8) is 0 Å². The highest BCUT2D eigenvalue weighted by atomic mass is 32.1. The Bertz CT molecular complexity index is 1830. The first-order chi connectivity index (χ1) is 20.5. The summed E-state index contributed by atoms with van der Waals surface area (Å²) in [5.41, 5.74) is 13.1. The van der Waals surface area contributed by atoms with E-state index in [0.29, 0.717) is 67.0 Å². The molecular weight excluding hydrogens is 560 g/mol. The van der Waals surface area contributed by atoms with Crippen molar-refractivity contribution >= 4 is 45.9 Å². The molecule has 1 saturated carbocycles.